The van der Waals surface area contributed by atoms with Crippen LogP contribution >= 0.6 is 0 Å². The average molecular weight is 326 g/mol. The third kappa shape index (κ3) is 5.45. The van der Waals surface area contributed by atoms with Crippen molar-refractivity contribution >= 4 is 29.2 Å². The first-order chi connectivity index (χ1) is 11.5. The summed E-state index contributed by atoms with van der Waals surface area (Å²) in [6.07, 6.45) is 0.0700. The van der Waals surface area contributed by atoms with Crippen molar-refractivity contribution in [1.82, 2.24) is 5.32 Å². The van der Waals surface area contributed by atoms with Crippen LogP contribution in [0.25, 0.3) is 0 Å². The Bertz CT molecular complexity index is 732. The van der Waals surface area contributed by atoms with Gasteiger partial charge < -0.3 is 21.7 Å². The Morgan fingerprint density at radius 1 is 0.875 bits per heavy atom. The van der Waals surface area contributed by atoms with Gasteiger partial charge in [0.2, 0.25) is 5.91 Å². The van der Waals surface area contributed by atoms with Crippen molar-refractivity contribution in [3.05, 3.63) is 60.2 Å². The van der Waals surface area contributed by atoms with Crippen LogP contribution in [0.2, 0.25) is 0 Å². The summed E-state index contributed by atoms with van der Waals surface area (Å²) < 4.78 is 0. The van der Waals surface area contributed by atoms with Crippen molar-refractivity contribution in [1.29, 1.82) is 0 Å². The molecule has 0 unspecified atom stereocenters. The molecule has 4 amide bonds. The Hall–Kier alpha value is -3.35. The molecule has 2 aromatic rings. The molecule has 0 fully saturated rings. The molecule has 2 aromatic carbocycles. The highest BCUT2D eigenvalue weighted by atomic mass is 16.2. The van der Waals surface area contributed by atoms with E-state index in [2.05, 4.69) is 16.0 Å². The number of primary amides is 1. The zero-order valence-corrected chi connectivity index (χ0v) is 12.9. The summed E-state index contributed by atoms with van der Waals surface area (Å²) in [5.74, 6) is -0.723. The zero-order valence-electron chi connectivity index (χ0n) is 12.9. The molecule has 0 atom stereocenters. The Morgan fingerprint density at radius 2 is 1.54 bits per heavy atom. The smallest absolute Gasteiger partial charge is 0.319 e. The largest absolute Gasteiger partial charge is 0.370 e. The Balaban J connectivity index is 1.92. The summed E-state index contributed by atoms with van der Waals surface area (Å²) in [7, 11) is 0. The van der Waals surface area contributed by atoms with Gasteiger partial charge >= 0.3 is 6.03 Å². The molecule has 7 heteroatoms. The van der Waals surface area contributed by atoms with E-state index in [-0.39, 0.29) is 18.9 Å². The number of benzene rings is 2. The van der Waals surface area contributed by atoms with Crippen LogP contribution < -0.4 is 21.7 Å². The number of rotatable bonds is 6. The summed E-state index contributed by atoms with van der Waals surface area (Å²) in [5, 5.41) is 7.88. The number of carbonyl (C=O) groups excluding carboxylic acids is 3. The van der Waals surface area contributed by atoms with Crippen LogP contribution in [0.15, 0.2) is 54.6 Å². The number of amides is 4. The van der Waals surface area contributed by atoms with Crippen LogP contribution in [0.3, 0.4) is 0 Å². The van der Waals surface area contributed by atoms with E-state index in [9.17, 15) is 14.4 Å². The van der Waals surface area contributed by atoms with Crippen molar-refractivity contribution in [2.24, 2.45) is 5.73 Å². The van der Waals surface area contributed by atoms with Gasteiger partial charge in [0, 0.05) is 29.9 Å². The van der Waals surface area contributed by atoms with Crippen molar-refractivity contribution < 1.29 is 14.4 Å². The lowest BCUT2D eigenvalue weighted by Crippen LogP contribution is -2.31. The fourth-order valence-electron chi connectivity index (χ4n) is 1.94. The lowest BCUT2D eigenvalue weighted by atomic mass is 10.2. The van der Waals surface area contributed by atoms with Crippen LogP contribution in [0.4, 0.5) is 16.2 Å². The van der Waals surface area contributed by atoms with Gasteiger partial charge in [-0.25, -0.2) is 4.79 Å². The van der Waals surface area contributed by atoms with Crippen molar-refractivity contribution in [2.75, 3.05) is 17.2 Å². The number of nitrogens with two attached hydrogens (primary N) is 1. The predicted molar refractivity (Wildman–Crippen MR) is 91.7 cm³/mol. The Morgan fingerprint density at radius 3 is 2.21 bits per heavy atom. The van der Waals surface area contributed by atoms with Gasteiger partial charge in [-0.2, -0.15) is 0 Å². The minimum Gasteiger partial charge on any atom is -0.370 e. The zero-order chi connectivity index (χ0) is 17.4. The highest BCUT2D eigenvalue weighted by molar-refractivity contribution is 6.04. The van der Waals surface area contributed by atoms with Crippen LogP contribution in [0.1, 0.15) is 16.8 Å². The van der Waals surface area contributed by atoms with Crippen LogP contribution in [0, 0.1) is 0 Å². The van der Waals surface area contributed by atoms with Crippen LogP contribution in [-0.2, 0) is 4.79 Å². The molecule has 0 aliphatic carbocycles. The lowest BCUT2D eigenvalue weighted by molar-refractivity contribution is -0.117. The first-order valence-electron chi connectivity index (χ1n) is 7.34. The van der Waals surface area contributed by atoms with Gasteiger partial charge in [0.15, 0.2) is 0 Å². The summed E-state index contributed by atoms with van der Waals surface area (Å²) in [6.45, 7) is 0.158. The minimum absolute atomic E-state index is 0.0700. The molecular weight excluding hydrogens is 308 g/mol. The Labute approximate surface area is 139 Å². The molecule has 0 saturated heterocycles. The summed E-state index contributed by atoms with van der Waals surface area (Å²) >= 11 is 0. The summed E-state index contributed by atoms with van der Waals surface area (Å²) in [5.41, 5.74) is 6.60. The average Bonchev–Trinajstić information content (AvgIpc) is 2.55. The summed E-state index contributed by atoms with van der Waals surface area (Å²) in [4.78, 5) is 34.4. The maximum atomic E-state index is 12.1. The first kappa shape index (κ1) is 17.0. The topological polar surface area (TPSA) is 113 Å². The highest BCUT2D eigenvalue weighted by Crippen LogP contribution is 2.16. The maximum Gasteiger partial charge on any atom is 0.319 e. The van der Waals surface area contributed by atoms with Crippen LogP contribution in [0.5, 0.6) is 0 Å². The second kappa shape index (κ2) is 8.33. The molecule has 0 saturated carbocycles. The molecule has 2 rings (SSSR count). The monoisotopic (exact) mass is 326 g/mol. The first-order valence-corrected chi connectivity index (χ1v) is 7.34. The van der Waals surface area contributed by atoms with Gasteiger partial charge in [0.25, 0.3) is 5.91 Å². The molecule has 0 heterocycles. The molecule has 0 spiro atoms. The third-order valence-corrected chi connectivity index (χ3v) is 3.07. The predicted octanol–water partition coefficient (Wildman–Crippen LogP) is 1.94. The molecule has 0 radical (unpaired) electrons. The van der Waals surface area contributed by atoms with E-state index in [1.54, 1.807) is 48.5 Å². The van der Waals surface area contributed by atoms with Gasteiger partial charge in [-0.1, -0.05) is 24.3 Å². The van der Waals surface area contributed by atoms with E-state index in [1.165, 1.54) is 0 Å². The van der Waals surface area contributed by atoms with Crippen molar-refractivity contribution in [2.45, 2.75) is 6.42 Å². The second-order valence-corrected chi connectivity index (χ2v) is 5.00. The third-order valence-electron chi connectivity index (χ3n) is 3.07. The number of carbonyl (C=O) groups is 3. The van der Waals surface area contributed by atoms with Crippen molar-refractivity contribution in [3.63, 3.8) is 0 Å². The molecule has 0 bridgehead atoms. The molecule has 0 aliphatic heterocycles. The Kier molecular flexibility index (Phi) is 5.90. The van der Waals surface area contributed by atoms with E-state index >= 15 is 0 Å². The molecule has 5 N–H and O–H groups in total. The molecule has 24 heavy (non-hydrogen) atoms. The quantitative estimate of drug-likeness (QED) is 0.650. The number of hydrogen-bond acceptors (Lipinski definition) is 3. The number of urea groups is 1. The van der Waals surface area contributed by atoms with Gasteiger partial charge in [-0.3, -0.25) is 9.59 Å². The molecule has 0 aromatic heterocycles. The standard InChI is InChI=1S/C17H18N4O3/c18-15(22)9-10-19-17(24)21-14-8-4-7-13(11-14)20-16(23)12-5-2-1-3-6-12/h1-8,11H,9-10H2,(H2,18,22)(H,20,23)(H2,19,21,24). The highest BCUT2D eigenvalue weighted by Gasteiger charge is 2.07. The fraction of sp³-hybridized carbons (Fsp3) is 0.118. The van der Waals surface area contributed by atoms with E-state index in [4.69, 9.17) is 5.73 Å². The number of nitrogens with one attached hydrogen (secondary N) is 3. The number of hydrogen-bond donors (Lipinski definition) is 4. The molecular formula is C17H18N4O3. The molecule has 124 valence electrons. The summed E-state index contributed by atoms with van der Waals surface area (Å²) in [6, 6.07) is 15.1. The van der Waals surface area contributed by atoms with Gasteiger partial charge in [0.1, 0.15) is 0 Å². The minimum atomic E-state index is -0.485. The second-order valence-electron chi connectivity index (χ2n) is 5.00. The van der Waals surface area contributed by atoms with Gasteiger partial charge in [-0.15, -0.1) is 0 Å². The molecule has 0 aliphatic rings. The lowest BCUT2D eigenvalue weighted by Gasteiger charge is -2.09. The fourth-order valence-corrected chi connectivity index (χ4v) is 1.94. The van der Waals surface area contributed by atoms with Crippen molar-refractivity contribution in [3.8, 4) is 0 Å². The maximum absolute atomic E-state index is 12.1. The normalized spacial score (nSPS) is 9.83. The van der Waals surface area contributed by atoms with E-state index in [0.717, 1.165) is 0 Å². The van der Waals surface area contributed by atoms with E-state index in [1.807, 2.05) is 6.07 Å². The van der Waals surface area contributed by atoms with Gasteiger partial charge in [0.05, 0.1) is 0 Å². The van der Waals surface area contributed by atoms with E-state index < -0.39 is 11.9 Å². The van der Waals surface area contributed by atoms with Gasteiger partial charge in [-0.05, 0) is 30.3 Å². The molecule has 7 nitrogen and oxygen atoms in total. The van der Waals surface area contributed by atoms with E-state index in [0.29, 0.717) is 16.9 Å². The SMILES string of the molecule is NC(=O)CCNC(=O)Nc1cccc(NC(=O)c2ccccc2)c1. The number of anilines is 2. The van der Waals surface area contributed by atoms with Crippen LogP contribution in [-0.4, -0.2) is 24.4 Å².